The van der Waals surface area contributed by atoms with Crippen LogP contribution in [-0.2, 0) is 11.3 Å². The molecule has 0 unspecified atom stereocenters. The molecule has 0 saturated carbocycles. The van der Waals surface area contributed by atoms with Gasteiger partial charge in [0.05, 0.1) is 12.2 Å². The Bertz CT molecular complexity index is 333. The number of aromatic hydroxyl groups is 1. The minimum Gasteiger partial charge on any atom is -0.508 e. The fourth-order valence-corrected chi connectivity index (χ4v) is 1.10. The van der Waals surface area contributed by atoms with Gasteiger partial charge in [-0.05, 0) is 24.6 Å². The zero-order chi connectivity index (χ0) is 10.6. The van der Waals surface area contributed by atoms with E-state index in [1.54, 1.807) is 6.07 Å². The van der Waals surface area contributed by atoms with E-state index in [0.29, 0.717) is 12.2 Å². The molecule has 0 aliphatic carbocycles. The molecule has 0 bridgehead atoms. The number of benzene rings is 1. The molecule has 76 valence electrons. The van der Waals surface area contributed by atoms with Crippen LogP contribution in [0.2, 0.25) is 0 Å². The van der Waals surface area contributed by atoms with Gasteiger partial charge in [0.15, 0.2) is 0 Å². The highest BCUT2D eigenvalue weighted by atomic mass is 16.5. The summed E-state index contributed by atoms with van der Waals surface area (Å²) in [5.74, 6) is -1.11. The smallest absolute Gasteiger partial charge is 0.336 e. The molecule has 4 heteroatoms. The van der Waals surface area contributed by atoms with Crippen LogP contribution in [0.3, 0.4) is 0 Å². The normalized spacial score (nSPS) is 10.1. The van der Waals surface area contributed by atoms with Crippen LogP contribution in [0.15, 0.2) is 18.2 Å². The summed E-state index contributed by atoms with van der Waals surface area (Å²) in [6.07, 6.45) is 0. The summed E-state index contributed by atoms with van der Waals surface area (Å²) in [5.41, 5.74) is 0.649. The van der Waals surface area contributed by atoms with Crippen molar-refractivity contribution in [3.8, 4) is 5.75 Å². The third kappa shape index (κ3) is 2.47. The summed E-state index contributed by atoms with van der Waals surface area (Å²) in [7, 11) is 0. The van der Waals surface area contributed by atoms with Gasteiger partial charge in [-0.15, -0.1) is 0 Å². The first kappa shape index (κ1) is 10.5. The Morgan fingerprint density at radius 1 is 1.50 bits per heavy atom. The molecule has 4 nitrogen and oxygen atoms in total. The summed E-state index contributed by atoms with van der Waals surface area (Å²) < 4.78 is 5.11. The number of rotatable bonds is 4. The maximum absolute atomic E-state index is 10.8. The lowest BCUT2D eigenvalue weighted by atomic mass is 10.1. The summed E-state index contributed by atoms with van der Waals surface area (Å²) in [6, 6.07) is 4.21. The van der Waals surface area contributed by atoms with E-state index < -0.39 is 5.97 Å². The summed E-state index contributed by atoms with van der Waals surface area (Å²) in [5, 5.41) is 17.9. The number of aromatic carboxylic acids is 1. The molecule has 0 amide bonds. The second-order valence-corrected chi connectivity index (χ2v) is 2.78. The quantitative estimate of drug-likeness (QED) is 0.768. The lowest BCUT2D eigenvalue weighted by molar-refractivity contribution is 0.0688. The largest absolute Gasteiger partial charge is 0.508 e. The van der Waals surface area contributed by atoms with Gasteiger partial charge in [0.25, 0.3) is 0 Å². The van der Waals surface area contributed by atoms with E-state index in [4.69, 9.17) is 14.9 Å². The molecule has 0 aliphatic rings. The van der Waals surface area contributed by atoms with Crippen LogP contribution >= 0.6 is 0 Å². The molecule has 0 spiro atoms. The number of carbonyl (C=O) groups is 1. The number of hydrogen-bond donors (Lipinski definition) is 2. The van der Waals surface area contributed by atoms with Crippen molar-refractivity contribution in [3.05, 3.63) is 29.3 Å². The van der Waals surface area contributed by atoms with Gasteiger partial charge in [-0.2, -0.15) is 0 Å². The number of ether oxygens (including phenoxy) is 1. The van der Waals surface area contributed by atoms with Crippen LogP contribution in [0.1, 0.15) is 22.8 Å². The van der Waals surface area contributed by atoms with Gasteiger partial charge < -0.3 is 14.9 Å². The first-order valence-electron chi connectivity index (χ1n) is 4.28. The molecule has 0 atom stereocenters. The Morgan fingerprint density at radius 2 is 2.21 bits per heavy atom. The fraction of sp³-hybridized carbons (Fsp3) is 0.300. The Kier molecular flexibility index (Phi) is 3.48. The molecule has 1 rings (SSSR count). The second kappa shape index (κ2) is 4.62. The van der Waals surface area contributed by atoms with Crippen molar-refractivity contribution in [3.63, 3.8) is 0 Å². The number of phenols is 1. The van der Waals surface area contributed by atoms with Gasteiger partial charge in [0.1, 0.15) is 5.75 Å². The summed E-state index contributed by atoms with van der Waals surface area (Å²) >= 11 is 0. The predicted molar refractivity (Wildman–Crippen MR) is 50.4 cm³/mol. The summed E-state index contributed by atoms with van der Waals surface area (Å²) in [6.45, 7) is 2.61. The zero-order valence-corrected chi connectivity index (χ0v) is 7.86. The average Bonchev–Trinajstić information content (AvgIpc) is 2.15. The first-order valence-corrected chi connectivity index (χ1v) is 4.28. The third-order valence-electron chi connectivity index (χ3n) is 1.79. The molecule has 14 heavy (non-hydrogen) atoms. The van der Waals surface area contributed by atoms with E-state index >= 15 is 0 Å². The van der Waals surface area contributed by atoms with Gasteiger partial charge >= 0.3 is 5.97 Å². The predicted octanol–water partition coefficient (Wildman–Crippen LogP) is 1.63. The van der Waals surface area contributed by atoms with Crippen LogP contribution < -0.4 is 0 Å². The molecule has 0 aromatic heterocycles. The SMILES string of the molecule is CCOCc1ccc(O)cc1C(=O)O. The van der Waals surface area contributed by atoms with Crippen LogP contribution in [0, 0.1) is 0 Å². The molecule has 0 fully saturated rings. The summed E-state index contributed by atoms with van der Waals surface area (Å²) in [4.78, 5) is 10.8. The maximum Gasteiger partial charge on any atom is 0.336 e. The van der Waals surface area contributed by atoms with E-state index in [-0.39, 0.29) is 17.9 Å². The van der Waals surface area contributed by atoms with E-state index in [0.717, 1.165) is 0 Å². The molecular formula is C10H12O4. The molecule has 0 radical (unpaired) electrons. The van der Waals surface area contributed by atoms with Crippen molar-refractivity contribution in [1.29, 1.82) is 0 Å². The van der Waals surface area contributed by atoms with E-state index in [1.165, 1.54) is 12.1 Å². The Hall–Kier alpha value is -1.55. The number of carboxylic acid groups (broad SMARTS) is 1. The van der Waals surface area contributed by atoms with E-state index in [9.17, 15) is 4.79 Å². The van der Waals surface area contributed by atoms with E-state index in [2.05, 4.69) is 0 Å². The highest BCUT2D eigenvalue weighted by molar-refractivity contribution is 5.89. The zero-order valence-electron chi connectivity index (χ0n) is 7.86. The van der Waals surface area contributed by atoms with Crippen molar-refractivity contribution in [2.75, 3.05) is 6.61 Å². The highest BCUT2D eigenvalue weighted by Gasteiger charge is 2.10. The van der Waals surface area contributed by atoms with Crippen LogP contribution in [0.5, 0.6) is 5.75 Å². The minimum absolute atomic E-state index is 0.0531. The third-order valence-corrected chi connectivity index (χ3v) is 1.79. The molecule has 0 saturated heterocycles. The van der Waals surface area contributed by atoms with Crippen LogP contribution in [0.4, 0.5) is 0 Å². The fourth-order valence-electron chi connectivity index (χ4n) is 1.10. The van der Waals surface area contributed by atoms with Crippen molar-refractivity contribution in [2.24, 2.45) is 0 Å². The van der Waals surface area contributed by atoms with Crippen molar-refractivity contribution >= 4 is 5.97 Å². The standard InChI is InChI=1S/C10H12O4/c1-2-14-6-7-3-4-8(11)5-9(7)10(12)13/h3-5,11H,2,6H2,1H3,(H,12,13). The van der Waals surface area contributed by atoms with Crippen molar-refractivity contribution < 1.29 is 19.7 Å². The number of hydrogen-bond acceptors (Lipinski definition) is 3. The average molecular weight is 196 g/mol. The van der Waals surface area contributed by atoms with Crippen LogP contribution in [0.25, 0.3) is 0 Å². The van der Waals surface area contributed by atoms with Crippen molar-refractivity contribution in [2.45, 2.75) is 13.5 Å². The maximum atomic E-state index is 10.8. The number of carboxylic acids is 1. The second-order valence-electron chi connectivity index (χ2n) is 2.78. The Morgan fingerprint density at radius 3 is 2.79 bits per heavy atom. The minimum atomic E-state index is -1.06. The van der Waals surface area contributed by atoms with Gasteiger partial charge in [-0.25, -0.2) is 4.79 Å². The van der Waals surface area contributed by atoms with Gasteiger partial charge in [0, 0.05) is 6.61 Å². The van der Waals surface area contributed by atoms with Crippen LogP contribution in [-0.4, -0.2) is 22.8 Å². The van der Waals surface area contributed by atoms with Gasteiger partial charge in [0.2, 0.25) is 0 Å². The van der Waals surface area contributed by atoms with E-state index in [1.807, 2.05) is 6.92 Å². The Balaban J connectivity index is 2.96. The molecular weight excluding hydrogens is 184 g/mol. The lowest BCUT2D eigenvalue weighted by Gasteiger charge is -2.06. The van der Waals surface area contributed by atoms with Gasteiger partial charge in [-0.1, -0.05) is 6.07 Å². The number of phenolic OH excluding ortho intramolecular Hbond substituents is 1. The first-order chi connectivity index (χ1) is 6.65. The van der Waals surface area contributed by atoms with Crippen molar-refractivity contribution in [1.82, 2.24) is 0 Å². The molecule has 1 aromatic carbocycles. The Labute approximate surface area is 81.8 Å². The van der Waals surface area contributed by atoms with Gasteiger partial charge in [-0.3, -0.25) is 0 Å². The monoisotopic (exact) mass is 196 g/mol. The molecule has 0 heterocycles. The topological polar surface area (TPSA) is 66.8 Å². The molecule has 1 aromatic rings. The lowest BCUT2D eigenvalue weighted by Crippen LogP contribution is -2.03. The molecule has 2 N–H and O–H groups in total. The molecule has 0 aliphatic heterocycles. The highest BCUT2D eigenvalue weighted by Crippen LogP contribution is 2.17.